The molecule has 100 valence electrons. The molecule has 18 heavy (non-hydrogen) atoms. The predicted octanol–water partition coefficient (Wildman–Crippen LogP) is 1.57. The van der Waals surface area contributed by atoms with E-state index in [0.29, 0.717) is 5.56 Å². The molecule has 0 aliphatic rings. The summed E-state index contributed by atoms with van der Waals surface area (Å²) in [4.78, 5) is 12.8. The third-order valence-electron chi connectivity index (χ3n) is 2.49. The molecule has 0 saturated heterocycles. The zero-order valence-electron chi connectivity index (χ0n) is 10.4. The molecule has 1 rings (SSSR count). The lowest BCUT2D eigenvalue weighted by Crippen LogP contribution is -3.14. The Morgan fingerprint density at radius 1 is 1.22 bits per heavy atom. The van der Waals surface area contributed by atoms with Gasteiger partial charge >= 0.3 is 0 Å². The molecule has 0 unspecified atom stereocenters. The van der Waals surface area contributed by atoms with Gasteiger partial charge < -0.3 is 4.90 Å². The topological polar surface area (TPSA) is 33.5 Å². The number of hydrogen-bond donors (Lipinski definition) is 2. The first kappa shape index (κ1) is 15.6. The van der Waals surface area contributed by atoms with E-state index in [2.05, 4.69) is 5.32 Å². The Balaban J connectivity index is 2.82. The van der Waals surface area contributed by atoms with E-state index in [0.717, 1.165) is 10.5 Å². The third-order valence-corrected chi connectivity index (χ3v) is 3.15. The Kier molecular flexibility index (Phi) is 5.29. The Labute approximate surface area is 122 Å². The number of alkyl halides is 3. The van der Waals surface area contributed by atoms with Crippen LogP contribution in [0.4, 0.5) is 0 Å². The fourth-order valence-corrected chi connectivity index (χ4v) is 2.29. The zero-order valence-corrected chi connectivity index (χ0v) is 12.7. The zero-order chi connectivity index (χ0) is 13.9. The van der Waals surface area contributed by atoms with Crippen LogP contribution < -0.4 is 10.2 Å². The van der Waals surface area contributed by atoms with Gasteiger partial charge in [-0.25, -0.2) is 0 Å². The SMILES string of the molecule is Cc1ccc(C(=O)N[C@H]([NH+](C)C)C(Cl)(Cl)Cl)cc1. The normalized spacial score (nSPS) is 13.5. The molecule has 2 N–H and O–H groups in total. The average molecular weight is 311 g/mol. The molecule has 0 radical (unpaired) electrons. The number of carbonyl (C=O) groups is 1. The number of carbonyl (C=O) groups excluding carboxylic acids is 1. The van der Waals surface area contributed by atoms with Crippen LogP contribution in [0, 0.1) is 6.92 Å². The number of rotatable bonds is 3. The third kappa shape index (κ3) is 4.32. The molecule has 0 bridgehead atoms. The number of nitrogens with one attached hydrogen (secondary N) is 2. The highest BCUT2D eigenvalue weighted by molar-refractivity contribution is 6.68. The Morgan fingerprint density at radius 3 is 2.11 bits per heavy atom. The summed E-state index contributed by atoms with van der Waals surface area (Å²) in [5.41, 5.74) is 1.63. The van der Waals surface area contributed by atoms with Crippen molar-refractivity contribution in [2.75, 3.05) is 14.1 Å². The van der Waals surface area contributed by atoms with E-state index in [1.54, 1.807) is 12.1 Å². The first-order valence-corrected chi connectivity index (χ1v) is 6.59. The number of aryl methyl sites for hydroxylation is 1. The van der Waals surface area contributed by atoms with E-state index in [1.807, 2.05) is 33.2 Å². The minimum Gasteiger partial charge on any atom is -0.317 e. The summed E-state index contributed by atoms with van der Waals surface area (Å²) < 4.78 is -1.56. The summed E-state index contributed by atoms with van der Waals surface area (Å²) in [5, 5.41) is 2.72. The van der Waals surface area contributed by atoms with Crippen LogP contribution in [-0.4, -0.2) is 30.0 Å². The second kappa shape index (κ2) is 6.11. The standard InChI is InChI=1S/C12H15Cl3N2O/c1-8-4-6-9(7-5-8)10(18)16-11(17(2)3)12(13,14)15/h4-7,11H,1-3H3,(H,16,18)/p+1/t11-/m1/s1. The first-order valence-electron chi connectivity index (χ1n) is 5.46. The van der Waals surface area contributed by atoms with Crippen LogP contribution in [0.15, 0.2) is 24.3 Å². The summed E-state index contributed by atoms with van der Waals surface area (Å²) in [6.45, 7) is 1.95. The van der Waals surface area contributed by atoms with Gasteiger partial charge in [-0.05, 0) is 19.1 Å². The predicted molar refractivity (Wildman–Crippen MR) is 75.5 cm³/mol. The molecule has 0 fully saturated rings. The van der Waals surface area contributed by atoms with Crippen LogP contribution in [0.1, 0.15) is 15.9 Å². The van der Waals surface area contributed by atoms with Gasteiger partial charge in [0.2, 0.25) is 6.17 Å². The summed E-state index contributed by atoms with van der Waals surface area (Å²) in [5.74, 6) is -0.257. The van der Waals surface area contributed by atoms with Crippen molar-refractivity contribution in [2.24, 2.45) is 0 Å². The maximum absolute atomic E-state index is 12.0. The highest BCUT2D eigenvalue weighted by Gasteiger charge is 2.39. The summed E-state index contributed by atoms with van der Waals surface area (Å²) in [6, 6.07) is 7.21. The molecule has 0 aromatic heterocycles. The smallest absolute Gasteiger partial charge is 0.262 e. The van der Waals surface area contributed by atoms with Crippen molar-refractivity contribution in [3.05, 3.63) is 35.4 Å². The molecule has 6 heteroatoms. The fraction of sp³-hybridized carbons (Fsp3) is 0.417. The average Bonchev–Trinajstić information content (AvgIpc) is 2.24. The molecule has 0 heterocycles. The maximum atomic E-state index is 12.0. The molecule has 0 spiro atoms. The van der Waals surface area contributed by atoms with Gasteiger partial charge in [0.05, 0.1) is 14.1 Å². The van der Waals surface area contributed by atoms with Crippen molar-refractivity contribution in [1.82, 2.24) is 5.32 Å². The Hall–Kier alpha value is -0.480. The van der Waals surface area contributed by atoms with Gasteiger partial charge in [-0.15, -0.1) is 0 Å². The Morgan fingerprint density at radius 2 is 1.72 bits per heavy atom. The number of amides is 1. The summed E-state index contributed by atoms with van der Waals surface area (Å²) in [7, 11) is 3.62. The molecule has 0 aliphatic carbocycles. The molecule has 1 aromatic rings. The van der Waals surface area contributed by atoms with Crippen LogP contribution in [0.3, 0.4) is 0 Å². The van der Waals surface area contributed by atoms with Gasteiger partial charge in [0.25, 0.3) is 9.70 Å². The van der Waals surface area contributed by atoms with E-state index >= 15 is 0 Å². The number of benzene rings is 1. The van der Waals surface area contributed by atoms with Gasteiger partial charge in [-0.2, -0.15) is 0 Å². The summed E-state index contributed by atoms with van der Waals surface area (Å²) in [6.07, 6.45) is -0.615. The van der Waals surface area contributed by atoms with Crippen molar-refractivity contribution in [2.45, 2.75) is 16.9 Å². The molecule has 0 aliphatic heterocycles. The monoisotopic (exact) mass is 309 g/mol. The van der Waals surface area contributed by atoms with E-state index in [9.17, 15) is 4.79 Å². The first-order chi connectivity index (χ1) is 8.21. The molecule has 3 nitrogen and oxygen atoms in total. The summed E-state index contributed by atoms with van der Waals surface area (Å²) >= 11 is 17.5. The highest BCUT2D eigenvalue weighted by atomic mass is 35.6. The second-order valence-electron chi connectivity index (χ2n) is 4.39. The lowest BCUT2D eigenvalue weighted by Gasteiger charge is -2.27. The van der Waals surface area contributed by atoms with Crippen molar-refractivity contribution in [1.29, 1.82) is 0 Å². The lowest BCUT2D eigenvalue weighted by molar-refractivity contribution is -0.887. The van der Waals surface area contributed by atoms with Crippen LogP contribution >= 0.6 is 34.8 Å². The molecule has 0 saturated carbocycles. The van der Waals surface area contributed by atoms with Crippen molar-refractivity contribution in [3.8, 4) is 0 Å². The highest BCUT2D eigenvalue weighted by Crippen LogP contribution is 2.27. The second-order valence-corrected chi connectivity index (χ2v) is 6.76. The quantitative estimate of drug-likeness (QED) is 0.645. The largest absolute Gasteiger partial charge is 0.317 e. The van der Waals surface area contributed by atoms with E-state index < -0.39 is 9.96 Å². The van der Waals surface area contributed by atoms with Crippen molar-refractivity contribution < 1.29 is 9.69 Å². The minimum absolute atomic E-state index is 0.257. The fourth-order valence-electron chi connectivity index (χ4n) is 1.47. The minimum atomic E-state index is -1.56. The molecule has 1 amide bonds. The Bertz CT molecular complexity index is 412. The van der Waals surface area contributed by atoms with Gasteiger partial charge in [-0.1, -0.05) is 52.5 Å². The maximum Gasteiger partial charge on any atom is 0.262 e. The van der Waals surface area contributed by atoms with E-state index in [1.165, 1.54) is 0 Å². The van der Waals surface area contributed by atoms with E-state index in [4.69, 9.17) is 34.8 Å². The van der Waals surface area contributed by atoms with Gasteiger partial charge in [0, 0.05) is 5.56 Å². The molecular formula is C12H16Cl3N2O+. The van der Waals surface area contributed by atoms with Crippen molar-refractivity contribution >= 4 is 40.7 Å². The van der Waals surface area contributed by atoms with Crippen molar-refractivity contribution in [3.63, 3.8) is 0 Å². The van der Waals surface area contributed by atoms with E-state index in [-0.39, 0.29) is 5.91 Å². The molecular weight excluding hydrogens is 295 g/mol. The van der Waals surface area contributed by atoms with Crippen LogP contribution in [0.2, 0.25) is 0 Å². The molecule has 1 atom stereocenters. The number of quaternary nitrogens is 1. The molecule has 1 aromatic carbocycles. The number of hydrogen-bond acceptors (Lipinski definition) is 1. The van der Waals surface area contributed by atoms with Crippen LogP contribution in [0.5, 0.6) is 0 Å². The van der Waals surface area contributed by atoms with Gasteiger partial charge in [0.1, 0.15) is 0 Å². The number of halogens is 3. The van der Waals surface area contributed by atoms with Gasteiger partial charge in [-0.3, -0.25) is 10.1 Å². The van der Waals surface area contributed by atoms with Gasteiger partial charge in [0.15, 0.2) is 0 Å². The van der Waals surface area contributed by atoms with Crippen LogP contribution in [0.25, 0.3) is 0 Å². The van der Waals surface area contributed by atoms with Crippen LogP contribution in [-0.2, 0) is 0 Å². The lowest BCUT2D eigenvalue weighted by atomic mass is 10.1.